The van der Waals surface area contributed by atoms with Crippen LogP contribution in [-0.2, 0) is 14.9 Å². The summed E-state index contributed by atoms with van der Waals surface area (Å²) in [5, 5.41) is 0. The molecule has 0 aromatic heterocycles. The number of nitrogens with zero attached hydrogens (tertiary/aromatic N) is 1. The Kier molecular flexibility index (Phi) is 4.81. The van der Waals surface area contributed by atoms with Gasteiger partial charge in [-0.3, -0.25) is 4.79 Å². The fraction of sp³-hybridized carbons (Fsp3) is 0.611. The van der Waals surface area contributed by atoms with Crippen molar-refractivity contribution in [3.63, 3.8) is 0 Å². The number of hydrogen-bond donors (Lipinski definition) is 1. The van der Waals surface area contributed by atoms with Gasteiger partial charge in [0.1, 0.15) is 0 Å². The lowest BCUT2D eigenvalue weighted by molar-refractivity contribution is -0.140. The first-order chi connectivity index (χ1) is 11.0. The van der Waals surface area contributed by atoms with Crippen LogP contribution in [0.2, 0.25) is 0 Å². The van der Waals surface area contributed by atoms with Gasteiger partial charge in [-0.2, -0.15) is 0 Å². The summed E-state index contributed by atoms with van der Waals surface area (Å²) in [6, 6.07) is 8.19. The van der Waals surface area contributed by atoms with Crippen LogP contribution in [0.5, 0.6) is 0 Å². The zero-order valence-electron chi connectivity index (χ0n) is 13.7. The first-order valence-electron chi connectivity index (χ1n) is 8.32. The standard InChI is InChI=1S/C18H25BrN2O2/c1-17(12-20)6-9-21(13-17)16(22)18(7-10-23-11-8-18)14-2-4-15(19)5-3-14/h2-5H,6-13,20H2,1H3. The maximum Gasteiger partial charge on any atom is 0.233 e. The number of benzene rings is 1. The molecule has 1 aromatic carbocycles. The van der Waals surface area contributed by atoms with Crippen LogP contribution >= 0.6 is 15.9 Å². The van der Waals surface area contributed by atoms with Crippen LogP contribution in [0, 0.1) is 5.41 Å². The van der Waals surface area contributed by atoms with E-state index in [1.165, 1.54) is 0 Å². The van der Waals surface area contributed by atoms with E-state index in [1.54, 1.807) is 0 Å². The molecule has 2 saturated heterocycles. The molecule has 23 heavy (non-hydrogen) atoms. The highest BCUT2D eigenvalue weighted by atomic mass is 79.9. The Labute approximate surface area is 146 Å². The highest BCUT2D eigenvalue weighted by molar-refractivity contribution is 9.10. The van der Waals surface area contributed by atoms with Crippen LogP contribution in [0.3, 0.4) is 0 Å². The molecule has 3 rings (SSSR count). The molecule has 2 aliphatic rings. The van der Waals surface area contributed by atoms with Gasteiger partial charge in [-0.1, -0.05) is 35.0 Å². The molecule has 1 atom stereocenters. The number of amides is 1. The smallest absolute Gasteiger partial charge is 0.233 e. The van der Waals surface area contributed by atoms with Crippen LogP contribution in [-0.4, -0.2) is 43.7 Å². The minimum Gasteiger partial charge on any atom is -0.381 e. The Morgan fingerprint density at radius 3 is 2.48 bits per heavy atom. The Hall–Kier alpha value is -0.910. The van der Waals surface area contributed by atoms with Crippen LogP contribution in [0.15, 0.2) is 28.7 Å². The average molecular weight is 381 g/mol. The normalized spacial score (nSPS) is 27.2. The van der Waals surface area contributed by atoms with Gasteiger partial charge in [0.25, 0.3) is 0 Å². The van der Waals surface area contributed by atoms with E-state index in [-0.39, 0.29) is 11.3 Å². The van der Waals surface area contributed by atoms with Gasteiger partial charge in [-0.15, -0.1) is 0 Å². The van der Waals surface area contributed by atoms with Crippen LogP contribution in [0.4, 0.5) is 0 Å². The number of halogens is 1. The molecular weight excluding hydrogens is 356 g/mol. The van der Waals surface area contributed by atoms with Crippen molar-refractivity contribution in [1.29, 1.82) is 0 Å². The molecule has 0 saturated carbocycles. The van der Waals surface area contributed by atoms with Gasteiger partial charge in [0.2, 0.25) is 5.91 Å². The number of hydrogen-bond acceptors (Lipinski definition) is 3. The first kappa shape index (κ1) is 16.9. The number of ether oxygens (including phenoxy) is 1. The molecule has 2 N–H and O–H groups in total. The molecule has 1 aromatic rings. The summed E-state index contributed by atoms with van der Waals surface area (Å²) >= 11 is 3.48. The highest BCUT2D eigenvalue weighted by Gasteiger charge is 2.47. The molecule has 1 amide bonds. The van der Waals surface area contributed by atoms with Crippen molar-refractivity contribution in [3.8, 4) is 0 Å². The van der Waals surface area contributed by atoms with Gasteiger partial charge >= 0.3 is 0 Å². The quantitative estimate of drug-likeness (QED) is 0.876. The zero-order valence-corrected chi connectivity index (χ0v) is 15.3. The lowest BCUT2D eigenvalue weighted by Gasteiger charge is -2.39. The predicted octanol–water partition coefficient (Wildman–Crippen LogP) is 2.69. The third kappa shape index (κ3) is 3.19. The number of nitrogens with two attached hydrogens (primary N) is 1. The number of likely N-dealkylation sites (tertiary alicyclic amines) is 1. The molecule has 0 bridgehead atoms. The SMILES string of the molecule is CC1(CN)CCN(C(=O)C2(c3ccc(Br)cc3)CCOCC2)C1. The van der Waals surface area contributed by atoms with E-state index in [1.807, 2.05) is 17.0 Å². The van der Waals surface area contributed by atoms with E-state index < -0.39 is 5.41 Å². The van der Waals surface area contributed by atoms with Gasteiger partial charge in [0.05, 0.1) is 5.41 Å². The summed E-state index contributed by atoms with van der Waals surface area (Å²) in [4.78, 5) is 15.5. The molecular formula is C18H25BrN2O2. The third-order valence-electron chi connectivity index (χ3n) is 5.49. The number of carbonyl (C=O) groups is 1. The van der Waals surface area contributed by atoms with E-state index in [9.17, 15) is 4.79 Å². The maximum atomic E-state index is 13.4. The third-order valence-corrected chi connectivity index (χ3v) is 6.02. The molecule has 0 spiro atoms. The van der Waals surface area contributed by atoms with E-state index in [4.69, 9.17) is 10.5 Å². The minimum atomic E-state index is -0.446. The lowest BCUT2D eigenvalue weighted by Crippen LogP contribution is -2.50. The van der Waals surface area contributed by atoms with Crippen LogP contribution in [0.1, 0.15) is 31.7 Å². The van der Waals surface area contributed by atoms with E-state index >= 15 is 0 Å². The van der Waals surface area contributed by atoms with Gasteiger partial charge in [0.15, 0.2) is 0 Å². The van der Waals surface area contributed by atoms with Crippen molar-refractivity contribution in [2.24, 2.45) is 11.1 Å². The summed E-state index contributed by atoms with van der Waals surface area (Å²) in [5.74, 6) is 0.250. The fourth-order valence-electron chi connectivity index (χ4n) is 3.78. The van der Waals surface area contributed by atoms with Crippen molar-refractivity contribution >= 4 is 21.8 Å². The topological polar surface area (TPSA) is 55.6 Å². The summed E-state index contributed by atoms with van der Waals surface area (Å²) in [7, 11) is 0. The van der Waals surface area contributed by atoms with Crippen molar-refractivity contribution in [3.05, 3.63) is 34.3 Å². The first-order valence-corrected chi connectivity index (χ1v) is 9.12. The highest BCUT2D eigenvalue weighted by Crippen LogP contribution is 2.40. The predicted molar refractivity (Wildman–Crippen MR) is 94.2 cm³/mol. The monoisotopic (exact) mass is 380 g/mol. The molecule has 0 aliphatic carbocycles. The second-order valence-corrected chi connectivity index (χ2v) is 8.11. The number of carbonyl (C=O) groups excluding carboxylic acids is 1. The van der Waals surface area contributed by atoms with Crippen molar-refractivity contribution in [1.82, 2.24) is 4.90 Å². The Morgan fingerprint density at radius 2 is 1.91 bits per heavy atom. The second kappa shape index (κ2) is 6.54. The molecule has 1 unspecified atom stereocenters. The van der Waals surface area contributed by atoms with E-state index in [0.29, 0.717) is 19.8 Å². The van der Waals surface area contributed by atoms with Gasteiger partial charge in [-0.25, -0.2) is 0 Å². The van der Waals surface area contributed by atoms with Gasteiger partial charge in [-0.05, 0) is 48.9 Å². The average Bonchev–Trinajstić information content (AvgIpc) is 2.98. The molecule has 5 heteroatoms. The summed E-state index contributed by atoms with van der Waals surface area (Å²) < 4.78 is 6.58. The maximum absolute atomic E-state index is 13.4. The molecule has 2 aliphatic heterocycles. The van der Waals surface area contributed by atoms with Crippen LogP contribution in [0.25, 0.3) is 0 Å². The van der Waals surface area contributed by atoms with Crippen molar-refractivity contribution in [2.45, 2.75) is 31.6 Å². The summed E-state index contributed by atoms with van der Waals surface area (Å²) in [6.07, 6.45) is 2.49. The summed E-state index contributed by atoms with van der Waals surface area (Å²) in [5.41, 5.74) is 6.62. The van der Waals surface area contributed by atoms with Gasteiger partial charge in [0, 0.05) is 30.8 Å². The Bertz CT molecular complexity index is 569. The van der Waals surface area contributed by atoms with Crippen molar-refractivity contribution in [2.75, 3.05) is 32.8 Å². The van der Waals surface area contributed by atoms with Crippen molar-refractivity contribution < 1.29 is 9.53 Å². The molecule has 2 fully saturated rings. The fourth-order valence-corrected chi connectivity index (χ4v) is 4.05. The van der Waals surface area contributed by atoms with E-state index in [2.05, 4.69) is 35.0 Å². The number of rotatable bonds is 3. The van der Waals surface area contributed by atoms with Gasteiger partial charge < -0.3 is 15.4 Å². The Balaban J connectivity index is 1.90. The molecule has 0 radical (unpaired) electrons. The lowest BCUT2D eigenvalue weighted by atomic mass is 9.73. The molecule has 4 nitrogen and oxygen atoms in total. The zero-order chi connectivity index (χ0) is 16.5. The largest absolute Gasteiger partial charge is 0.381 e. The Morgan fingerprint density at radius 1 is 1.26 bits per heavy atom. The van der Waals surface area contributed by atoms with E-state index in [0.717, 1.165) is 42.4 Å². The molecule has 126 valence electrons. The minimum absolute atomic E-state index is 0.0573. The summed E-state index contributed by atoms with van der Waals surface area (Å²) in [6.45, 7) is 5.67. The van der Waals surface area contributed by atoms with Crippen LogP contribution < -0.4 is 5.73 Å². The molecule has 2 heterocycles. The second-order valence-electron chi connectivity index (χ2n) is 7.19.